The van der Waals surface area contributed by atoms with E-state index in [1.807, 2.05) is 6.92 Å². The van der Waals surface area contributed by atoms with Gasteiger partial charge in [0.15, 0.2) is 0 Å². The number of nitrogens with one attached hydrogen (secondary N) is 2. The molecule has 108 valence electrons. The second-order valence-electron chi connectivity index (χ2n) is 5.78. The van der Waals surface area contributed by atoms with Gasteiger partial charge in [-0.3, -0.25) is 0 Å². The van der Waals surface area contributed by atoms with Crippen molar-refractivity contribution in [3.05, 3.63) is 58.9 Å². The Labute approximate surface area is 125 Å². The summed E-state index contributed by atoms with van der Waals surface area (Å²) in [5, 5.41) is 3.58. The van der Waals surface area contributed by atoms with Crippen molar-refractivity contribution in [1.29, 1.82) is 0 Å². The Morgan fingerprint density at radius 1 is 1.05 bits per heavy atom. The summed E-state index contributed by atoms with van der Waals surface area (Å²) in [6.07, 6.45) is 0. The summed E-state index contributed by atoms with van der Waals surface area (Å²) in [6, 6.07) is 13.1. The quantitative estimate of drug-likeness (QED) is 0.732. The molecule has 1 atom stereocenters. The summed E-state index contributed by atoms with van der Waals surface area (Å²) in [5.74, 6) is 0.949. The fraction of sp³-hybridized carbons (Fsp3) is 0.278. The Bertz CT molecular complexity index is 786. The lowest BCUT2D eigenvalue weighted by atomic mass is 10.00. The van der Waals surface area contributed by atoms with E-state index in [0.29, 0.717) is 0 Å². The van der Waals surface area contributed by atoms with Crippen LogP contribution in [0.25, 0.3) is 11.0 Å². The zero-order valence-corrected chi connectivity index (χ0v) is 13.0. The third kappa shape index (κ3) is 2.77. The van der Waals surface area contributed by atoms with Gasteiger partial charge in [0, 0.05) is 11.7 Å². The van der Waals surface area contributed by atoms with Crippen LogP contribution < -0.4 is 5.32 Å². The number of H-pyrrole nitrogens is 1. The third-order valence-electron chi connectivity index (χ3n) is 3.88. The lowest BCUT2D eigenvalue weighted by Crippen LogP contribution is -2.08. The van der Waals surface area contributed by atoms with Gasteiger partial charge < -0.3 is 10.3 Å². The Hall–Kier alpha value is -2.29. The summed E-state index contributed by atoms with van der Waals surface area (Å²) >= 11 is 0. The van der Waals surface area contributed by atoms with Gasteiger partial charge in [-0.05, 0) is 57.0 Å². The predicted molar refractivity (Wildman–Crippen MR) is 88.8 cm³/mol. The smallest absolute Gasteiger partial charge is 0.104 e. The van der Waals surface area contributed by atoms with Crippen LogP contribution in [0.15, 0.2) is 36.4 Å². The van der Waals surface area contributed by atoms with Crippen LogP contribution in [0.5, 0.6) is 0 Å². The summed E-state index contributed by atoms with van der Waals surface area (Å²) in [4.78, 5) is 7.72. The van der Waals surface area contributed by atoms with Crippen molar-refractivity contribution in [2.24, 2.45) is 0 Å². The Kier molecular flexibility index (Phi) is 3.42. The molecule has 0 fully saturated rings. The minimum atomic E-state index is 0.270. The van der Waals surface area contributed by atoms with Gasteiger partial charge in [0.1, 0.15) is 5.82 Å². The summed E-state index contributed by atoms with van der Waals surface area (Å²) in [5.41, 5.74) is 7.15. The van der Waals surface area contributed by atoms with E-state index in [9.17, 15) is 0 Å². The summed E-state index contributed by atoms with van der Waals surface area (Å²) in [7, 11) is 0. The topological polar surface area (TPSA) is 40.7 Å². The average molecular weight is 279 g/mol. The molecule has 0 amide bonds. The van der Waals surface area contributed by atoms with E-state index in [0.717, 1.165) is 22.5 Å². The molecule has 1 heterocycles. The molecule has 2 N–H and O–H groups in total. The Morgan fingerprint density at radius 2 is 1.86 bits per heavy atom. The van der Waals surface area contributed by atoms with Crippen molar-refractivity contribution in [2.75, 3.05) is 5.32 Å². The average Bonchev–Trinajstić information content (AvgIpc) is 2.80. The van der Waals surface area contributed by atoms with Crippen molar-refractivity contribution >= 4 is 16.7 Å². The van der Waals surface area contributed by atoms with Gasteiger partial charge in [-0.1, -0.05) is 23.8 Å². The Balaban J connectivity index is 1.88. The largest absolute Gasteiger partial charge is 0.378 e. The number of fused-ring (bicyclic) bond motifs is 1. The SMILES string of the molecule is Cc1ccc(C)c(C(C)Nc2ccc3nc(C)[nH]c3c2)c1. The highest BCUT2D eigenvalue weighted by atomic mass is 14.9. The molecule has 0 saturated carbocycles. The van der Waals surface area contributed by atoms with E-state index in [4.69, 9.17) is 0 Å². The van der Waals surface area contributed by atoms with Crippen molar-refractivity contribution in [2.45, 2.75) is 33.7 Å². The Morgan fingerprint density at radius 3 is 2.67 bits per heavy atom. The van der Waals surface area contributed by atoms with Gasteiger partial charge in [-0.25, -0.2) is 4.98 Å². The predicted octanol–water partition coefficient (Wildman–Crippen LogP) is 4.66. The maximum absolute atomic E-state index is 4.43. The molecule has 0 aliphatic carbocycles. The van der Waals surface area contributed by atoms with Crippen molar-refractivity contribution in [3.63, 3.8) is 0 Å². The minimum Gasteiger partial charge on any atom is -0.378 e. The van der Waals surface area contributed by atoms with Crippen LogP contribution in [-0.4, -0.2) is 9.97 Å². The number of rotatable bonds is 3. The van der Waals surface area contributed by atoms with E-state index in [1.54, 1.807) is 0 Å². The van der Waals surface area contributed by atoms with Crippen molar-refractivity contribution in [3.8, 4) is 0 Å². The number of hydrogen-bond acceptors (Lipinski definition) is 2. The first-order valence-corrected chi connectivity index (χ1v) is 7.33. The monoisotopic (exact) mass is 279 g/mol. The molecule has 0 saturated heterocycles. The highest BCUT2D eigenvalue weighted by Crippen LogP contribution is 2.25. The molecule has 0 bridgehead atoms. The highest BCUT2D eigenvalue weighted by molar-refractivity contribution is 5.79. The molecule has 3 rings (SSSR count). The minimum absolute atomic E-state index is 0.270. The molecule has 3 heteroatoms. The van der Waals surface area contributed by atoms with Crippen LogP contribution in [-0.2, 0) is 0 Å². The zero-order chi connectivity index (χ0) is 15.0. The number of benzene rings is 2. The molecule has 3 aromatic rings. The molecule has 0 aliphatic rings. The van der Waals surface area contributed by atoms with E-state index in [1.165, 1.54) is 16.7 Å². The standard InChI is InChI=1S/C18H21N3/c1-11-5-6-12(2)16(9-11)13(3)19-15-7-8-17-18(10-15)21-14(4)20-17/h5-10,13,19H,1-4H3,(H,20,21). The van der Waals surface area contributed by atoms with Crippen molar-refractivity contribution < 1.29 is 0 Å². The van der Waals surface area contributed by atoms with E-state index in [2.05, 4.69) is 72.5 Å². The van der Waals surface area contributed by atoms with Crippen molar-refractivity contribution in [1.82, 2.24) is 9.97 Å². The second-order valence-corrected chi connectivity index (χ2v) is 5.78. The summed E-state index contributed by atoms with van der Waals surface area (Å²) in [6.45, 7) is 8.47. The van der Waals surface area contributed by atoms with Crippen LogP contribution in [0, 0.1) is 20.8 Å². The fourth-order valence-corrected chi connectivity index (χ4v) is 2.78. The summed E-state index contributed by atoms with van der Waals surface area (Å²) < 4.78 is 0. The molecular weight excluding hydrogens is 258 g/mol. The number of hydrogen-bond donors (Lipinski definition) is 2. The van der Waals surface area contributed by atoms with E-state index >= 15 is 0 Å². The molecule has 1 aromatic heterocycles. The first-order chi connectivity index (χ1) is 10.0. The normalized spacial score (nSPS) is 12.6. The van der Waals surface area contributed by atoms with Crippen LogP contribution in [0.3, 0.4) is 0 Å². The molecule has 2 aromatic carbocycles. The fourth-order valence-electron chi connectivity index (χ4n) is 2.78. The van der Waals surface area contributed by atoms with E-state index < -0.39 is 0 Å². The molecule has 0 radical (unpaired) electrons. The first-order valence-electron chi connectivity index (χ1n) is 7.33. The van der Waals surface area contributed by atoms with Gasteiger partial charge in [0.25, 0.3) is 0 Å². The number of imidazole rings is 1. The van der Waals surface area contributed by atoms with Gasteiger partial charge >= 0.3 is 0 Å². The number of nitrogens with zero attached hydrogens (tertiary/aromatic N) is 1. The maximum atomic E-state index is 4.43. The lowest BCUT2D eigenvalue weighted by Gasteiger charge is -2.18. The zero-order valence-electron chi connectivity index (χ0n) is 13.0. The number of aromatic nitrogens is 2. The van der Waals surface area contributed by atoms with Crippen LogP contribution in [0.1, 0.15) is 35.5 Å². The number of aromatic amines is 1. The van der Waals surface area contributed by atoms with Crippen LogP contribution in [0.4, 0.5) is 5.69 Å². The lowest BCUT2D eigenvalue weighted by molar-refractivity contribution is 0.872. The van der Waals surface area contributed by atoms with Gasteiger partial charge in [0.05, 0.1) is 11.0 Å². The number of anilines is 1. The van der Waals surface area contributed by atoms with Gasteiger partial charge in [-0.2, -0.15) is 0 Å². The molecule has 21 heavy (non-hydrogen) atoms. The second kappa shape index (κ2) is 5.24. The number of aryl methyl sites for hydroxylation is 3. The highest BCUT2D eigenvalue weighted by Gasteiger charge is 2.09. The molecule has 3 nitrogen and oxygen atoms in total. The molecule has 0 aliphatic heterocycles. The van der Waals surface area contributed by atoms with Gasteiger partial charge in [-0.15, -0.1) is 0 Å². The third-order valence-corrected chi connectivity index (χ3v) is 3.88. The molecular formula is C18H21N3. The molecule has 1 unspecified atom stereocenters. The van der Waals surface area contributed by atoms with Crippen LogP contribution >= 0.6 is 0 Å². The molecule has 0 spiro atoms. The van der Waals surface area contributed by atoms with Gasteiger partial charge in [0.2, 0.25) is 0 Å². The van der Waals surface area contributed by atoms with Crippen LogP contribution in [0.2, 0.25) is 0 Å². The maximum Gasteiger partial charge on any atom is 0.104 e. The first kappa shape index (κ1) is 13.7. The van der Waals surface area contributed by atoms with E-state index in [-0.39, 0.29) is 6.04 Å².